The first kappa shape index (κ1) is 13.1. The highest BCUT2D eigenvalue weighted by molar-refractivity contribution is 5.94. The lowest BCUT2D eigenvalue weighted by molar-refractivity contribution is 0.0934. The van der Waals surface area contributed by atoms with E-state index in [-0.39, 0.29) is 17.7 Å². The second-order valence-electron chi connectivity index (χ2n) is 4.41. The summed E-state index contributed by atoms with van der Waals surface area (Å²) in [6.07, 6.45) is 4.14. The molecule has 1 amide bonds. The molecule has 0 saturated heterocycles. The van der Waals surface area contributed by atoms with E-state index in [1.54, 1.807) is 31.5 Å². The van der Waals surface area contributed by atoms with Gasteiger partial charge in [-0.2, -0.15) is 0 Å². The maximum absolute atomic E-state index is 12.1. The van der Waals surface area contributed by atoms with E-state index in [1.165, 1.54) is 6.07 Å². The fourth-order valence-corrected chi connectivity index (χ4v) is 1.87. The van der Waals surface area contributed by atoms with Crippen molar-refractivity contribution in [1.29, 1.82) is 0 Å². The van der Waals surface area contributed by atoms with Gasteiger partial charge >= 0.3 is 0 Å². The molecule has 1 heterocycles. The number of imidazole rings is 1. The number of aromatic hydroxyl groups is 1. The smallest absolute Gasteiger partial charge is 0.251 e. The molecule has 3 N–H and O–H groups in total. The van der Waals surface area contributed by atoms with E-state index >= 15 is 0 Å². The van der Waals surface area contributed by atoms with Crippen LogP contribution in [0.2, 0.25) is 0 Å². The molecule has 0 bridgehead atoms. The number of amides is 1. The Kier molecular flexibility index (Phi) is 3.85. The SMILES string of the molecule is CCC(NC(=O)c1ccc(O)c(C)c1)c1ncc[nH]1. The van der Waals surface area contributed by atoms with Crippen molar-refractivity contribution in [3.63, 3.8) is 0 Å². The Morgan fingerprint density at radius 2 is 2.32 bits per heavy atom. The van der Waals surface area contributed by atoms with Crippen LogP contribution in [0.1, 0.15) is 41.1 Å². The van der Waals surface area contributed by atoms with Gasteiger partial charge < -0.3 is 15.4 Å². The van der Waals surface area contributed by atoms with E-state index in [1.807, 2.05) is 6.92 Å². The number of aromatic amines is 1. The quantitative estimate of drug-likeness (QED) is 0.788. The second-order valence-corrected chi connectivity index (χ2v) is 4.41. The Balaban J connectivity index is 2.13. The van der Waals surface area contributed by atoms with Gasteiger partial charge in [-0.25, -0.2) is 4.98 Å². The summed E-state index contributed by atoms with van der Waals surface area (Å²) in [4.78, 5) is 19.3. The van der Waals surface area contributed by atoms with Gasteiger partial charge in [-0.1, -0.05) is 6.92 Å². The third-order valence-electron chi connectivity index (χ3n) is 3.02. The molecule has 0 radical (unpaired) electrons. The lowest BCUT2D eigenvalue weighted by atomic mass is 10.1. The fourth-order valence-electron chi connectivity index (χ4n) is 1.87. The third-order valence-corrected chi connectivity index (χ3v) is 3.02. The summed E-state index contributed by atoms with van der Waals surface area (Å²) in [5.74, 6) is 0.757. The number of hydrogen-bond acceptors (Lipinski definition) is 3. The van der Waals surface area contributed by atoms with Gasteiger partial charge in [0.05, 0.1) is 6.04 Å². The Labute approximate surface area is 111 Å². The van der Waals surface area contributed by atoms with Crippen molar-refractivity contribution in [2.45, 2.75) is 26.3 Å². The predicted octanol–water partition coefficient (Wildman–Crippen LogP) is 2.30. The first-order valence-corrected chi connectivity index (χ1v) is 6.21. The second kappa shape index (κ2) is 5.56. The highest BCUT2D eigenvalue weighted by Crippen LogP contribution is 2.18. The molecule has 19 heavy (non-hydrogen) atoms. The number of phenols is 1. The Hall–Kier alpha value is -2.30. The Morgan fingerprint density at radius 3 is 2.89 bits per heavy atom. The number of H-pyrrole nitrogens is 1. The minimum atomic E-state index is -0.175. The van der Waals surface area contributed by atoms with E-state index in [9.17, 15) is 9.90 Å². The molecule has 0 aliphatic carbocycles. The molecule has 2 aromatic rings. The molecular formula is C14H17N3O2. The average molecular weight is 259 g/mol. The number of rotatable bonds is 4. The minimum Gasteiger partial charge on any atom is -0.508 e. The van der Waals surface area contributed by atoms with Gasteiger partial charge in [-0.15, -0.1) is 0 Å². The summed E-state index contributed by atoms with van der Waals surface area (Å²) in [6.45, 7) is 3.74. The Morgan fingerprint density at radius 1 is 1.53 bits per heavy atom. The van der Waals surface area contributed by atoms with Crippen LogP contribution in [-0.4, -0.2) is 21.0 Å². The van der Waals surface area contributed by atoms with E-state index in [0.717, 1.165) is 12.2 Å². The normalized spacial score (nSPS) is 12.1. The van der Waals surface area contributed by atoms with E-state index in [4.69, 9.17) is 0 Å². The number of aryl methyl sites for hydroxylation is 1. The molecule has 1 aromatic carbocycles. The summed E-state index contributed by atoms with van der Waals surface area (Å²) in [7, 11) is 0. The number of nitrogens with zero attached hydrogens (tertiary/aromatic N) is 1. The van der Waals surface area contributed by atoms with E-state index in [0.29, 0.717) is 11.1 Å². The van der Waals surface area contributed by atoms with E-state index < -0.39 is 0 Å². The predicted molar refractivity (Wildman–Crippen MR) is 71.9 cm³/mol. The molecule has 0 spiro atoms. The maximum Gasteiger partial charge on any atom is 0.251 e. The molecule has 0 fully saturated rings. The number of aromatic nitrogens is 2. The molecule has 100 valence electrons. The lowest BCUT2D eigenvalue weighted by Gasteiger charge is -2.15. The van der Waals surface area contributed by atoms with Crippen molar-refractivity contribution in [1.82, 2.24) is 15.3 Å². The van der Waals surface area contributed by atoms with Crippen LogP contribution in [-0.2, 0) is 0 Å². The number of carbonyl (C=O) groups is 1. The summed E-state index contributed by atoms with van der Waals surface area (Å²) in [5.41, 5.74) is 1.21. The van der Waals surface area contributed by atoms with Crippen molar-refractivity contribution in [2.75, 3.05) is 0 Å². The number of hydrogen-bond donors (Lipinski definition) is 3. The molecule has 5 heteroatoms. The van der Waals surface area contributed by atoms with Gasteiger partial charge in [0.25, 0.3) is 5.91 Å². The molecule has 1 aromatic heterocycles. The van der Waals surface area contributed by atoms with Gasteiger partial charge in [0, 0.05) is 18.0 Å². The molecule has 0 aliphatic rings. The number of carbonyl (C=O) groups excluding carboxylic acids is 1. The van der Waals surface area contributed by atoms with Crippen molar-refractivity contribution >= 4 is 5.91 Å². The van der Waals surface area contributed by atoms with Crippen molar-refractivity contribution in [2.24, 2.45) is 0 Å². The average Bonchev–Trinajstić information content (AvgIpc) is 2.92. The first-order valence-electron chi connectivity index (χ1n) is 6.21. The van der Waals surface area contributed by atoms with Gasteiger partial charge in [-0.3, -0.25) is 4.79 Å². The van der Waals surface area contributed by atoms with Crippen LogP contribution >= 0.6 is 0 Å². The van der Waals surface area contributed by atoms with Crippen LogP contribution in [0.3, 0.4) is 0 Å². The van der Waals surface area contributed by atoms with E-state index in [2.05, 4.69) is 15.3 Å². The van der Waals surface area contributed by atoms with Gasteiger partial charge in [0.15, 0.2) is 0 Å². The highest BCUT2D eigenvalue weighted by atomic mass is 16.3. The molecule has 5 nitrogen and oxygen atoms in total. The van der Waals surface area contributed by atoms with Crippen LogP contribution in [0.5, 0.6) is 5.75 Å². The van der Waals surface area contributed by atoms with Crippen molar-refractivity contribution in [3.05, 3.63) is 47.5 Å². The molecule has 1 unspecified atom stereocenters. The Bertz CT molecular complexity index is 564. The zero-order valence-electron chi connectivity index (χ0n) is 11.0. The molecule has 0 aliphatic heterocycles. The summed E-state index contributed by atoms with van der Waals surface area (Å²) >= 11 is 0. The topological polar surface area (TPSA) is 78.0 Å². The molecule has 1 atom stereocenters. The molecule has 0 saturated carbocycles. The fraction of sp³-hybridized carbons (Fsp3) is 0.286. The summed E-state index contributed by atoms with van der Waals surface area (Å²) < 4.78 is 0. The summed E-state index contributed by atoms with van der Waals surface area (Å²) in [5, 5.41) is 12.4. The van der Waals surface area contributed by atoms with Crippen LogP contribution in [0, 0.1) is 6.92 Å². The van der Waals surface area contributed by atoms with Crippen molar-refractivity contribution in [3.8, 4) is 5.75 Å². The van der Waals surface area contributed by atoms with Gasteiger partial charge in [0.2, 0.25) is 0 Å². The highest BCUT2D eigenvalue weighted by Gasteiger charge is 2.16. The largest absolute Gasteiger partial charge is 0.508 e. The molecular weight excluding hydrogens is 242 g/mol. The maximum atomic E-state index is 12.1. The number of benzene rings is 1. The lowest BCUT2D eigenvalue weighted by Crippen LogP contribution is -2.28. The zero-order valence-corrected chi connectivity index (χ0v) is 11.0. The zero-order chi connectivity index (χ0) is 13.8. The number of phenolic OH excluding ortho intramolecular Hbond substituents is 1. The standard InChI is InChI=1S/C14H17N3O2/c1-3-11(13-15-6-7-16-13)17-14(19)10-4-5-12(18)9(2)8-10/h4-8,11,18H,3H2,1-2H3,(H,15,16)(H,17,19). The van der Waals surface area contributed by atoms with Crippen LogP contribution in [0.4, 0.5) is 0 Å². The minimum absolute atomic E-state index is 0.142. The first-order chi connectivity index (χ1) is 9.11. The van der Waals surface area contributed by atoms with Gasteiger partial charge in [-0.05, 0) is 37.1 Å². The monoisotopic (exact) mass is 259 g/mol. The third kappa shape index (κ3) is 2.93. The summed E-state index contributed by atoms with van der Waals surface area (Å²) in [6, 6.07) is 4.65. The van der Waals surface area contributed by atoms with Gasteiger partial charge in [0.1, 0.15) is 11.6 Å². The van der Waals surface area contributed by atoms with Crippen LogP contribution in [0.15, 0.2) is 30.6 Å². The number of nitrogens with one attached hydrogen (secondary N) is 2. The van der Waals surface area contributed by atoms with Crippen LogP contribution in [0.25, 0.3) is 0 Å². The van der Waals surface area contributed by atoms with Crippen molar-refractivity contribution < 1.29 is 9.90 Å². The van der Waals surface area contributed by atoms with Crippen LogP contribution < -0.4 is 5.32 Å². The molecule has 2 rings (SSSR count).